The second kappa shape index (κ2) is 3.57. The van der Waals surface area contributed by atoms with E-state index < -0.39 is 0 Å². The van der Waals surface area contributed by atoms with Gasteiger partial charge in [-0.15, -0.1) is 0 Å². The summed E-state index contributed by atoms with van der Waals surface area (Å²) in [5, 5.41) is 7.18. The van der Waals surface area contributed by atoms with Crippen molar-refractivity contribution in [3.05, 3.63) is 17.7 Å². The van der Waals surface area contributed by atoms with Gasteiger partial charge in [-0.1, -0.05) is 0 Å². The van der Waals surface area contributed by atoms with Crippen LogP contribution in [-0.2, 0) is 12.0 Å². The van der Waals surface area contributed by atoms with Crippen molar-refractivity contribution >= 4 is 0 Å². The molecule has 1 saturated heterocycles. The van der Waals surface area contributed by atoms with E-state index >= 15 is 0 Å². The molecular formula is C12H20N4. The molecule has 0 aliphatic carbocycles. The number of rotatable bonds is 1. The molecule has 1 unspecified atom stereocenters. The molecule has 16 heavy (non-hydrogen) atoms. The Kier molecular flexibility index (Phi) is 2.30. The third-order valence-corrected chi connectivity index (χ3v) is 3.86. The lowest BCUT2D eigenvalue weighted by atomic mass is 9.88. The van der Waals surface area contributed by atoms with E-state index in [4.69, 9.17) is 0 Å². The van der Waals surface area contributed by atoms with E-state index in [1.165, 1.54) is 17.8 Å². The number of nitrogens with one attached hydrogen (secondary N) is 2. The van der Waals surface area contributed by atoms with Crippen LogP contribution in [0.3, 0.4) is 0 Å². The van der Waals surface area contributed by atoms with Gasteiger partial charge in [0.05, 0.1) is 23.3 Å². The average Bonchev–Trinajstić information content (AvgIpc) is 2.85. The van der Waals surface area contributed by atoms with Crippen LogP contribution in [0.5, 0.6) is 0 Å². The van der Waals surface area contributed by atoms with Crippen LogP contribution in [0.2, 0.25) is 0 Å². The molecule has 2 N–H and O–H groups in total. The quantitative estimate of drug-likeness (QED) is 0.735. The predicted molar refractivity (Wildman–Crippen MR) is 63.5 cm³/mol. The molecule has 1 aromatic rings. The smallest absolute Gasteiger partial charge is 0.0954 e. The molecule has 1 fully saturated rings. The van der Waals surface area contributed by atoms with Gasteiger partial charge in [0.25, 0.3) is 0 Å². The topological polar surface area (TPSA) is 41.9 Å². The Morgan fingerprint density at radius 3 is 3.00 bits per heavy atom. The van der Waals surface area contributed by atoms with E-state index in [0.29, 0.717) is 6.04 Å². The highest BCUT2D eigenvalue weighted by Gasteiger charge is 2.42. The monoisotopic (exact) mass is 220 g/mol. The molecule has 4 nitrogen and oxygen atoms in total. The fourth-order valence-electron chi connectivity index (χ4n) is 3.05. The fourth-order valence-corrected chi connectivity index (χ4v) is 3.05. The van der Waals surface area contributed by atoms with Crippen LogP contribution in [-0.4, -0.2) is 29.2 Å². The van der Waals surface area contributed by atoms with Crippen molar-refractivity contribution in [2.75, 3.05) is 19.6 Å². The lowest BCUT2D eigenvalue weighted by Crippen LogP contribution is -2.50. The molecule has 1 atom stereocenters. The highest BCUT2D eigenvalue weighted by Crippen LogP contribution is 2.34. The number of hydrogen-bond donors (Lipinski definition) is 2. The molecular weight excluding hydrogens is 200 g/mol. The van der Waals surface area contributed by atoms with Crippen molar-refractivity contribution in [3.63, 3.8) is 0 Å². The Bertz CT molecular complexity index is 388. The minimum atomic E-state index is 0.147. The Labute approximate surface area is 96.4 Å². The molecule has 0 aromatic carbocycles. The maximum Gasteiger partial charge on any atom is 0.0954 e. The van der Waals surface area contributed by atoms with Gasteiger partial charge in [0.15, 0.2) is 0 Å². The average molecular weight is 220 g/mol. The predicted octanol–water partition coefficient (Wildman–Crippen LogP) is 0.798. The molecule has 88 valence electrons. The first-order valence-electron chi connectivity index (χ1n) is 6.25. The van der Waals surface area contributed by atoms with E-state index in [-0.39, 0.29) is 5.54 Å². The Morgan fingerprint density at radius 1 is 1.44 bits per heavy atom. The number of aromatic nitrogens is 2. The van der Waals surface area contributed by atoms with Gasteiger partial charge >= 0.3 is 0 Å². The second-order valence-electron chi connectivity index (χ2n) is 5.23. The van der Waals surface area contributed by atoms with Gasteiger partial charge in [-0.25, -0.2) is 4.98 Å². The van der Waals surface area contributed by atoms with Crippen LogP contribution in [0, 0.1) is 0 Å². The lowest BCUT2D eigenvalue weighted by Gasteiger charge is -2.36. The van der Waals surface area contributed by atoms with E-state index in [1.807, 2.05) is 6.33 Å². The van der Waals surface area contributed by atoms with Crippen LogP contribution < -0.4 is 10.6 Å². The summed E-state index contributed by atoms with van der Waals surface area (Å²) in [6.45, 7) is 7.66. The molecule has 0 amide bonds. The fraction of sp³-hybridized carbons (Fsp3) is 0.750. The van der Waals surface area contributed by atoms with Crippen LogP contribution >= 0.6 is 0 Å². The summed E-state index contributed by atoms with van der Waals surface area (Å²) in [6, 6.07) is 0.494. The van der Waals surface area contributed by atoms with Crippen molar-refractivity contribution in [1.29, 1.82) is 0 Å². The van der Waals surface area contributed by atoms with Gasteiger partial charge in [0.2, 0.25) is 0 Å². The molecule has 1 spiro atoms. The van der Waals surface area contributed by atoms with Crippen LogP contribution in [0.15, 0.2) is 6.33 Å². The summed E-state index contributed by atoms with van der Waals surface area (Å²) < 4.78 is 2.34. The van der Waals surface area contributed by atoms with E-state index in [2.05, 4.69) is 34.0 Å². The molecule has 4 heteroatoms. The van der Waals surface area contributed by atoms with Crippen molar-refractivity contribution in [1.82, 2.24) is 20.2 Å². The molecule has 1 aromatic heterocycles. The van der Waals surface area contributed by atoms with E-state index in [0.717, 1.165) is 26.1 Å². The highest BCUT2D eigenvalue weighted by atomic mass is 15.2. The van der Waals surface area contributed by atoms with Gasteiger partial charge in [-0.05, 0) is 26.8 Å². The van der Waals surface area contributed by atoms with Crippen molar-refractivity contribution in [2.45, 2.75) is 38.3 Å². The zero-order chi connectivity index (χ0) is 11.2. The SMILES string of the molecule is CC(C)n1cnc2c1C1(CCNC1)NCC2. The van der Waals surface area contributed by atoms with Gasteiger partial charge in [0, 0.05) is 25.6 Å². The minimum Gasteiger partial charge on any atom is -0.330 e. The Balaban J connectivity index is 2.11. The lowest BCUT2D eigenvalue weighted by molar-refractivity contribution is 0.315. The second-order valence-corrected chi connectivity index (χ2v) is 5.23. The van der Waals surface area contributed by atoms with Crippen molar-refractivity contribution in [2.24, 2.45) is 0 Å². The molecule has 3 rings (SSSR count). The summed E-state index contributed by atoms with van der Waals surface area (Å²) in [4.78, 5) is 4.59. The Hall–Kier alpha value is -0.870. The van der Waals surface area contributed by atoms with Crippen LogP contribution in [0.4, 0.5) is 0 Å². The summed E-state index contributed by atoms with van der Waals surface area (Å²) >= 11 is 0. The number of fused-ring (bicyclic) bond motifs is 2. The van der Waals surface area contributed by atoms with E-state index in [1.54, 1.807) is 0 Å². The largest absolute Gasteiger partial charge is 0.330 e. The standard InChI is InChI=1S/C12H20N4/c1-9(2)16-8-14-10-3-5-15-12(11(10)16)4-6-13-7-12/h8-9,13,15H,3-7H2,1-2H3. The molecule has 3 heterocycles. The number of hydrogen-bond acceptors (Lipinski definition) is 3. The van der Waals surface area contributed by atoms with Crippen molar-refractivity contribution < 1.29 is 0 Å². The first-order chi connectivity index (χ1) is 7.73. The molecule has 0 radical (unpaired) electrons. The molecule has 2 aliphatic heterocycles. The zero-order valence-corrected chi connectivity index (χ0v) is 10.1. The molecule has 0 bridgehead atoms. The molecule has 0 saturated carbocycles. The maximum atomic E-state index is 4.59. The zero-order valence-electron chi connectivity index (χ0n) is 10.1. The Morgan fingerprint density at radius 2 is 2.31 bits per heavy atom. The molecule has 2 aliphatic rings. The summed E-state index contributed by atoms with van der Waals surface area (Å²) in [5.41, 5.74) is 2.88. The number of nitrogens with zero attached hydrogens (tertiary/aromatic N) is 2. The van der Waals surface area contributed by atoms with Crippen LogP contribution in [0.1, 0.15) is 37.7 Å². The summed E-state index contributed by atoms with van der Waals surface area (Å²) in [5.74, 6) is 0. The summed E-state index contributed by atoms with van der Waals surface area (Å²) in [7, 11) is 0. The number of imidazole rings is 1. The first kappa shape index (κ1) is 10.3. The highest BCUT2D eigenvalue weighted by molar-refractivity contribution is 5.29. The van der Waals surface area contributed by atoms with Crippen LogP contribution in [0.25, 0.3) is 0 Å². The summed E-state index contributed by atoms with van der Waals surface area (Å²) in [6.07, 6.45) is 4.26. The maximum absolute atomic E-state index is 4.59. The third kappa shape index (κ3) is 1.33. The van der Waals surface area contributed by atoms with E-state index in [9.17, 15) is 0 Å². The minimum absolute atomic E-state index is 0.147. The van der Waals surface area contributed by atoms with Gasteiger partial charge in [-0.3, -0.25) is 0 Å². The van der Waals surface area contributed by atoms with Crippen molar-refractivity contribution in [3.8, 4) is 0 Å². The van der Waals surface area contributed by atoms with Gasteiger partial charge < -0.3 is 15.2 Å². The normalized spacial score (nSPS) is 28.9. The first-order valence-corrected chi connectivity index (χ1v) is 6.25. The van der Waals surface area contributed by atoms with Gasteiger partial charge in [0.1, 0.15) is 0 Å². The third-order valence-electron chi connectivity index (χ3n) is 3.86. The van der Waals surface area contributed by atoms with Gasteiger partial charge in [-0.2, -0.15) is 0 Å².